The number of carbonyl (C=O) groups excluding carboxylic acids is 1. The monoisotopic (exact) mass is 426 g/mol. The van der Waals surface area contributed by atoms with Crippen molar-refractivity contribution in [3.05, 3.63) is 59.7 Å². The van der Waals surface area contributed by atoms with Crippen molar-refractivity contribution >= 4 is 5.97 Å². The number of esters is 1. The second-order valence-electron chi connectivity index (χ2n) is 9.48. The first-order valence-corrected chi connectivity index (χ1v) is 11.9. The van der Waals surface area contributed by atoms with E-state index >= 15 is 0 Å². The molecule has 0 spiro atoms. The van der Waals surface area contributed by atoms with Crippen molar-refractivity contribution in [1.29, 1.82) is 0 Å². The topological polar surface area (TPSA) is 66.8 Å². The predicted molar refractivity (Wildman–Crippen MR) is 123 cm³/mol. The van der Waals surface area contributed by atoms with Gasteiger partial charge in [-0.1, -0.05) is 54.1 Å². The predicted octanol–water partition coefficient (Wildman–Crippen LogP) is 4.99. The number of fused-ring (bicyclic) bond motifs is 1. The molecule has 31 heavy (non-hydrogen) atoms. The van der Waals surface area contributed by atoms with E-state index in [-0.39, 0.29) is 24.1 Å². The van der Waals surface area contributed by atoms with Gasteiger partial charge in [0.2, 0.25) is 0 Å². The van der Waals surface area contributed by atoms with Gasteiger partial charge < -0.3 is 14.9 Å². The fraction of sp³-hybridized carbons (Fsp3) is 0.593. The molecule has 0 saturated heterocycles. The van der Waals surface area contributed by atoms with Crippen LogP contribution in [0.1, 0.15) is 64.4 Å². The molecule has 1 aromatic rings. The van der Waals surface area contributed by atoms with Crippen molar-refractivity contribution in [3.63, 3.8) is 0 Å². The lowest BCUT2D eigenvalue weighted by molar-refractivity contribution is -0.147. The lowest BCUT2D eigenvalue weighted by Crippen LogP contribution is -2.17. The van der Waals surface area contributed by atoms with Crippen molar-refractivity contribution in [2.75, 3.05) is 0 Å². The van der Waals surface area contributed by atoms with Gasteiger partial charge in [0, 0.05) is 12.3 Å². The van der Waals surface area contributed by atoms with Gasteiger partial charge in [-0.25, -0.2) is 0 Å². The normalized spacial score (nSPS) is 27.8. The molecule has 2 saturated carbocycles. The van der Waals surface area contributed by atoms with Crippen LogP contribution in [0.15, 0.2) is 54.1 Å². The van der Waals surface area contributed by atoms with Gasteiger partial charge in [-0.3, -0.25) is 4.79 Å². The summed E-state index contributed by atoms with van der Waals surface area (Å²) < 4.78 is 5.18. The van der Waals surface area contributed by atoms with Crippen LogP contribution in [0.3, 0.4) is 0 Å². The Morgan fingerprint density at radius 2 is 2.00 bits per heavy atom. The minimum absolute atomic E-state index is 0.0478. The van der Waals surface area contributed by atoms with Crippen LogP contribution in [0.5, 0.6) is 0 Å². The van der Waals surface area contributed by atoms with Crippen LogP contribution in [0.25, 0.3) is 0 Å². The lowest BCUT2D eigenvalue weighted by Gasteiger charge is -2.18. The maximum Gasteiger partial charge on any atom is 0.306 e. The molecule has 4 nitrogen and oxygen atoms in total. The molecule has 0 aromatic heterocycles. The zero-order valence-electron chi connectivity index (χ0n) is 19.0. The van der Waals surface area contributed by atoms with Crippen LogP contribution in [0.4, 0.5) is 0 Å². The summed E-state index contributed by atoms with van der Waals surface area (Å²) in [7, 11) is 0. The molecule has 0 amide bonds. The Kier molecular flexibility index (Phi) is 8.91. The Morgan fingerprint density at radius 1 is 1.23 bits per heavy atom. The van der Waals surface area contributed by atoms with Crippen molar-refractivity contribution in [2.24, 2.45) is 17.8 Å². The number of aliphatic hydroxyl groups excluding tert-OH is 2. The molecule has 2 aliphatic rings. The highest BCUT2D eigenvalue weighted by Gasteiger charge is 2.44. The summed E-state index contributed by atoms with van der Waals surface area (Å²) in [6.45, 7) is 3.75. The zero-order valence-corrected chi connectivity index (χ0v) is 19.0. The summed E-state index contributed by atoms with van der Waals surface area (Å²) in [5, 5.41) is 20.9. The first-order valence-electron chi connectivity index (χ1n) is 11.9. The maximum atomic E-state index is 11.6. The molecule has 0 radical (unpaired) electrons. The first kappa shape index (κ1) is 23.7. The molecular formula is C27H38O4. The fourth-order valence-electron chi connectivity index (χ4n) is 5.13. The van der Waals surface area contributed by atoms with E-state index < -0.39 is 6.10 Å². The summed E-state index contributed by atoms with van der Waals surface area (Å²) in [6, 6.07) is 10.2. The summed E-state index contributed by atoms with van der Waals surface area (Å²) in [4.78, 5) is 11.6. The Balaban J connectivity index is 1.44. The van der Waals surface area contributed by atoms with E-state index in [1.54, 1.807) is 0 Å². The highest BCUT2D eigenvalue weighted by atomic mass is 16.5. The van der Waals surface area contributed by atoms with Gasteiger partial charge in [0.05, 0.1) is 18.3 Å². The van der Waals surface area contributed by atoms with E-state index in [0.29, 0.717) is 24.7 Å². The Hall–Kier alpha value is -1.91. The second-order valence-corrected chi connectivity index (χ2v) is 9.48. The van der Waals surface area contributed by atoms with Crippen LogP contribution >= 0.6 is 0 Å². The van der Waals surface area contributed by atoms with Crippen molar-refractivity contribution in [1.82, 2.24) is 0 Å². The highest BCUT2D eigenvalue weighted by Crippen LogP contribution is 2.50. The van der Waals surface area contributed by atoms with Crippen LogP contribution < -0.4 is 0 Å². The average Bonchev–Trinajstić information content (AvgIpc) is 3.24. The van der Waals surface area contributed by atoms with E-state index in [0.717, 1.165) is 38.5 Å². The molecule has 1 aromatic carbocycles. The highest BCUT2D eigenvalue weighted by molar-refractivity contribution is 5.69. The minimum Gasteiger partial charge on any atom is -0.463 e. The lowest BCUT2D eigenvalue weighted by atomic mass is 9.90. The summed E-state index contributed by atoms with van der Waals surface area (Å²) >= 11 is 0. The number of carbonyl (C=O) groups is 1. The van der Waals surface area contributed by atoms with Gasteiger partial charge in [0.15, 0.2) is 0 Å². The molecule has 0 aliphatic heterocycles. The number of aryl methyl sites for hydroxylation is 1. The number of ether oxygens (including phenoxy) is 1. The molecule has 0 bridgehead atoms. The maximum absolute atomic E-state index is 11.6. The van der Waals surface area contributed by atoms with Crippen LogP contribution in [0.2, 0.25) is 0 Å². The number of hydrogen-bond acceptors (Lipinski definition) is 4. The van der Waals surface area contributed by atoms with Gasteiger partial charge in [0.25, 0.3) is 0 Å². The third-order valence-corrected chi connectivity index (χ3v) is 6.62. The van der Waals surface area contributed by atoms with Gasteiger partial charge >= 0.3 is 5.97 Å². The number of rotatable bonds is 10. The molecule has 3 rings (SSSR count). The molecule has 0 unspecified atom stereocenters. The van der Waals surface area contributed by atoms with Crippen LogP contribution in [-0.2, 0) is 16.0 Å². The molecular weight excluding hydrogens is 388 g/mol. The molecule has 2 N–H and O–H groups in total. The first-order chi connectivity index (χ1) is 14.9. The average molecular weight is 427 g/mol. The standard InChI is InChI=1S/C27H38O4/c1-19(2)31-27(30)11-7-6-10-21-16-22-18-26(29)24(25(22)17-21)15-14-23(28)13-12-20-8-4-3-5-9-20/h3-5,8-10,14-15,19,22-26,28-29H,6-7,11-13,16-18H2,1-2H3/t22-,23-,24+,25-,26+/m0/s1. The summed E-state index contributed by atoms with van der Waals surface area (Å²) in [5.74, 6) is 1.01. The van der Waals surface area contributed by atoms with E-state index in [2.05, 4.69) is 24.3 Å². The third-order valence-electron chi connectivity index (χ3n) is 6.62. The molecule has 5 atom stereocenters. The third kappa shape index (κ3) is 7.33. The van der Waals surface area contributed by atoms with Crippen LogP contribution in [-0.4, -0.2) is 34.5 Å². The quantitative estimate of drug-likeness (QED) is 0.314. The van der Waals surface area contributed by atoms with Crippen molar-refractivity contribution < 1.29 is 19.7 Å². The van der Waals surface area contributed by atoms with Gasteiger partial charge in [-0.15, -0.1) is 0 Å². The largest absolute Gasteiger partial charge is 0.463 e. The smallest absolute Gasteiger partial charge is 0.306 e. The molecule has 170 valence electrons. The Bertz CT molecular complexity index is 752. The van der Waals surface area contributed by atoms with Gasteiger partial charge in [-0.05, 0) is 76.2 Å². The van der Waals surface area contributed by atoms with Crippen molar-refractivity contribution in [3.8, 4) is 0 Å². The number of aliphatic hydroxyl groups is 2. The Morgan fingerprint density at radius 3 is 2.74 bits per heavy atom. The van der Waals surface area contributed by atoms with E-state index in [4.69, 9.17) is 4.74 Å². The summed E-state index contributed by atoms with van der Waals surface area (Å²) in [5.41, 5.74) is 2.70. The fourth-order valence-corrected chi connectivity index (χ4v) is 5.13. The molecule has 4 heteroatoms. The second kappa shape index (κ2) is 11.6. The van der Waals surface area contributed by atoms with E-state index in [1.807, 2.05) is 38.1 Å². The van der Waals surface area contributed by atoms with E-state index in [9.17, 15) is 15.0 Å². The van der Waals surface area contributed by atoms with Crippen LogP contribution in [0, 0.1) is 17.8 Å². The van der Waals surface area contributed by atoms with Gasteiger partial charge in [0.1, 0.15) is 0 Å². The van der Waals surface area contributed by atoms with Gasteiger partial charge in [-0.2, -0.15) is 0 Å². The zero-order chi connectivity index (χ0) is 22.2. The number of benzene rings is 1. The Labute approximate surface area is 187 Å². The number of hydrogen-bond donors (Lipinski definition) is 2. The SMILES string of the molecule is CC(C)OC(=O)CCCC=C1C[C@H]2C[C@@H](O)[C@H](C=C[C@@H](O)CCc3ccccc3)[C@H]2C1. The van der Waals surface area contributed by atoms with Crippen molar-refractivity contribution in [2.45, 2.75) is 83.5 Å². The number of allylic oxidation sites excluding steroid dienone is 2. The number of unbranched alkanes of at least 4 members (excludes halogenated alkanes) is 1. The molecule has 2 fully saturated rings. The summed E-state index contributed by atoms with van der Waals surface area (Å²) in [6.07, 6.45) is 12.1. The van der Waals surface area contributed by atoms with E-state index in [1.165, 1.54) is 11.1 Å². The molecule has 0 heterocycles. The minimum atomic E-state index is -0.478. The molecule has 2 aliphatic carbocycles.